The summed E-state index contributed by atoms with van der Waals surface area (Å²) in [6, 6.07) is 22.3. The molecule has 0 spiro atoms. The molecule has 42 heavy (non-hydrogen) atoms. The lowest BCUT2D eigenvalue weighted by molar-refractivity contribution is -0.121. The molecular weight excluding hydrogens is 522 g/mol. The van der Waals surface area contributed by atoms with Gasteiger partial charge in [0.2, 0.25) is 5.91 Å². The standard InChI is InChI=1S/C35H41N5O2/c1-25(2)32-16-30(18-36-23-32)22-40-35(42)39-20-29-11-7-10-28(15-29)14-26(3)33-17-31(19-37-24-33)21-38-34(41)13-12-27-8-5-4-6-9-27/h4-11,15-19,23-26H,12-14,20-22H2,1-3H3,(H,38,41)(H2,39,40,42). The average molecular weight is 564 g/mol. The van der Waals surface area contributed by atoms with Gasteiger partial charge in [0.25, 0.3) is 0 Å². The number of carbonyl (C=O) groups excluding carboxylic acids is 2. The lowest BCUT2D eigenvalue weighted by Gasteiger charge is -2.14. The molecule has 4 rings (SSSR count). The van der Waals surface area contributed by atoms with Crippen LogP contribution in [0.25, 0.3) is 0 Å². The third-order valence-electron chi connectivity index (χ3n) is 7.28. The van der Waals surface area contributed by atoms with Gasteiger partial charge >= 0.3 is 6.03 Å². The van der Waals surface area contributed by atoms with Crippen LogP contribution >= 0.6 is 0 Å². The topological polar surface area (TPSA) is 96.0 Å². The highest BCUT2D eigenvalue weighted by Crippen LogP contribution is 2.21. The molecule has 0 saturated carbocycles. The number of pyridine rings is 2. The molecule has 2 aromatic heterocycles. The lowest BCUT2D eigenvalue weighted by Crippen LogP contribution is -2.34. The average Bonchev–Trinajstić information content (AvgIpc) is 3.01. The summed E-state index contributed by atoms with van der Waals surface area (Å²) in [7, 11) is 0. The number of urea groups is 1. The van der Waals surface area contributed by atoms with Crippen molar-refractivity contribution in [2.75, 3.05) is 0 Å². The smallest absolute Gasteiger partial charge is 0.315 e. The maximum absolute atomic E-state index is 12.4. The first-order valence-corrected chi connectivity index (χ1v) is 14.6. The number of nitrogens with zero attached hydrogens (tertiary/aromatic N) is 2. The van der Waals surface area contributed by atoms with E-state index < -0.39 is 0 Å². The number of rotatable bonds is 13. The molecule has 0 aliphatic rings. The number of amides is 3. The van der Waals surface area contributed by atoms with Crippen LogP contribution in [0.3, 0.4) is 0 Å². The summed E-state index contributed by atoms with van der Waals surface area (Å²) in [5.41, 5.74) is 7.66. The van der Waals surface area contributed by atoms with Gasteiger partial charge in [-0.3, -0.25) is 14.8 Å². The Morgan fingerprint density at radius 2 is 1.24 bits per heavy atom. The molecule has 3 amide bonds. The largest absolute Gasteiger partial charge is 0.352 e. The Bertz CT molecular complexity index is 1450. The maximum Gasteiger partial charge on any atom is 0.315 e. The van der Waals surface area contributed by atoms with Gasteiger partial charge in [0.15, 0.2) is 0 Å². The molecule has 0 aliphatic heterocycles. The molecule has 7 nitrogen and oxygen atoms in total. The zero-order chi connectivity index (χ0) is 29.7. The van der Waals surface area contributed by atoms with Crippen molar-refractivity contribution in [2.45, 2.75) is 71.5 Å². The van der Waals surface area contributed by atoms with Gasteiger partial charge in [-0.1, -0.05) is 87.5 Å². The van der Waals surface area contributed by atoms with Crippen LogP contribution in [0.2, 0.25) is 0 Å². The molecule has 0 aliphatic carbocycles. The Hall–Kier alpha value is -4.52. The molecule has 0 saturated heterocycles. The number of aryl methyl sites for hydroxylation is 1. The van der Waals surface area contributed by atoms with E-state index in [-0.39, 0.29) is 17.9 Å². The van der Waals surface area contributed by atoms with E-state index >= 15 is 0 Å². The lowest BCUT2D eigenvalue weighted by atomic mass is 9.93. The Morgan fingerprint density at radius 3 is 1.95 bits per heavy atom. The zero-order valence-corrected chi connectivity index (χ0v) is 24.8. The number of hydrogen-bond donors (Lipinski definition) is 3. The summed E-state index contributed by atoms with van der Waals surface area (Å²) in [5, 5.41) is 8.89. The molecule has 3 N–H and O–H groups in total. The molecule has 4 aromatic rings. The predicted octanol–water partition coefficient (Wildman–Crippen LogP) is 6.19. The van der Waals surface area contributed by atoms with E-state index in [0.29, 0.717) is 32.0 Å². The van der Waals surface area contributed by atoms with E-state index in [2.05, 4.69) is 71.0 Å². The van der Waals surface area contributed by atoms with Crippen molar-refractivity contribution < 1.29 is 9.59 Å². The minimum atomic E-state index is -0.209. The normalized spacial score (nSPS) is 11.6. The van der Waals surface area contributed by atoms with Crippen molar-refractivity contribution in [1.29, 1.82) is 0 Å². The summed E-state index contributed by atoms with van der Waals surface area (Å²) in [6.07, 6.45) is 9.38. The molecule has 0 fully saturated rings. The monoisotopic (exact) mass is 563 g/mol. The van der Waals surface area contributed by atoms with E-state index in [0.717, 1.165) is 46.2 Å². The molecule has 218 valence electrons. The van der Waals surface area contributed by atoms with E-state index in [9.17, 15) is 9.59 Å². The van der Waals surface area contributed by atoms with Crippen molar-refractivity contribution in [3.63, 3.8) is 0 Å². The van der Waals surface area contributed by atoms with Crippen LogP contribution < -0.4 is 16.0 Å². The summed E-state index contributed by atoms with van der Waals surface area (Å²) < 4.78 is 0. The minimum Gasteiger partial charge on any atom is -0.352 e. The highest BCUT2D eigenvalue weighted by atomic mass is 16.2. The van der Waals surface area contributed by atoms with Gasteiger partial charge < -0.3 is 16.0 Å². The van der Waals surface area contributed by atoms with Gasteiger partial charge in [-0.05, 0) is 63.6 Å². The zero-order valence-electron chi connectivity index (χ0n) is 24.8. The van der Waals surface area contributed by atoms with Crippen LogP contribution in [0.1, 0.15) is 78.0 Å². The van der Waals surface area contributed by atoms with Crippen LogP contribution in [0.4, 0.5) is 4.79 Å². The fourth-order valence-corrected chi connectivity index (χ4v) is 4.75. The number of carbonyl (C=O) groups is 2. The van der Waals surface area contributed by atoms with Crippen LogP contribution in [-0.2, 0) is 37.3 Å². The summed E-state index contributed by atoms with van der Waals surface area (Å²) >= 11 is 0. The SMILES string of the molecule is CC(C)c1cncc(CNC(=O)NCc2cccc(CC(C)c3cncc(CNC(=O)CCc4ccccc4)c3)c2)c1. The number of hydrogen-bond acceptors (Lipinski definition) is 4. The fourth-order valence-electron chi connectivity index (χ4n) is 4.75. The van der Waals surface area contributed by atoms with Crippen molar-refractivity contribution in [2.24, 2.45) is 0 Å². The van der Waals surface area contributed by atoms with E-state index in [4.69, 9.17) is 0 Å². The molecule has 2 aromatic carbocycles. The quantitative estimate of drug-likeness (QED) is 0.181. The van der Waals surface area contributed by atoms with Crippen molar-refractivity contribution in [3.8, 4) is 0 Å². The first kappa shape index (κ1) is 30.4. The molecular formula is C35H41N5O2. The van der Waals surface area contributed by atoms with Gasteiger partial charge in [-0.25, -0.2) is 4.79 Å². The summed E-state index contributed by atoms with van der Waals surface area (Å²) in [4.78, 5) is 33.5. The van der Waals surface area contributed by atoms with Crippen LogP contribution in [0.15, 0.2) is 91.5 Å². The first-order chi connectivity index (χ1) is 20.4. The van der Waals surface area contributed by atoms with Crippen LogP contribution in [-0.4, -0.2) is 21.9 Å². The number of nitrogens with one attached hydrogen (secondary N) is 3. The maximum atomic E-state index is 12.4. The fraction of sp³-hybridized carbons (Fsp3) is 0.314. The number of aromatic nitrogens is 2. The van der Waals surface area contributed by atoms with Gasteiger partial charge in [0.05, 0.1) is 0 Å². The van der Waals surface area contributed by atoms with E-state index in [1.165, 1.54) is 5.56 Å². The van der Waals surface area contributed by atoms with Gasteiger partial charge in [0.1, 0.15) is 0 Å². The Labute approximate surface area is 249 Å². The van der Waals surface area contributed by atoms with Crippen LogP contribution in [0, 0.1) is 0 Å². The third-order valence-corrected chi connectivity index (χ3v) is 7.28. The molecule has 2 heterocycles. The Kier molecular flexibility index (Phi) is 11.2. The Balaban J connectivity index is 1.23. The highest BCUT2D eigenvalue weighted by molar-refractivity contribution is 5.76. The second-order valence-corrected chi connectivity index (χ2v) is 11.1. The van der Waals surface area contributed by atoms with Crippen molar-refractivity contribution in [1.82, 2.24) is 25.9 Å². The van der Waals surface area contributed by atoms with E-state index in [1.807, 2.05) is 61.1 Å². The predicted molar refractivity (Wildman–Crippen MR) is 167 cm³/mol. The Morgan fingerprint density at radius 1 is 0.643 bits per heavy atom. The van der Waals surface area contributed by atoms with Gasteiger partial charge in [-0.15, -0.1) is 0 Å². The molecule has 1 atom stereocenters. The number of benzene rings is 2. The second-order valence-electron chi connectivity index (χ2n) is 11.1. The van der Waals surface area contributed by atoms with Gasteiger partial charge in [-0.2, -0.15) is 0 Å². The molecule has 0 bridgehead atoms. The molecule has 1 unspecified atom stereocenters. The first-order valence-electron chi connectivity index (χ1n) is 14.6. The van der Waals surface area contributed by atoms with Crippen molar-refractivity contribution in [3.05, 3.63) is 130 Å². The molecule has 0 radical (unpaired) electrons. The second kappa shape index (κ2) is 15.5. The minimum absolute atomic E-state index is 0.0359. The van der Waals surface area contributed by atoms with Crippen molar-refractivity contribution >= 4 is 11.9 Å². The highest BCUT2D eigenvalue weighted by Gasteiger charge is 2.11. The van der Waals surface area contributed by atoms with E-state index in [1.54, 1.807) is 6.20 Å². The van der Waals surface area contributed by atoms with Gasteiger partial charge in [0, 0.05) is 50.8 Å². The molecule has 7 heteroatoms. The van der Waals surface area contributed by atoms with Crippen LogP contribution in [0.5, 0.6) is 0 Å². The third kappa shape index (κ3) is 9.84. The summed E-state index contributed by atoms with van der Waals surface area (Å²) in [6.45, 7) is 7.77. The summed E-state index contributed by atoms with van der Waals surface area (Å²) in [5.74, 6) is 0.672.